The van der Waals surface area contributed by atoms with Crippen LogP contribution in [0.3, 0.4) is 0 Å². The van der Waals surface area contributed by atoms with Crippen LogP contribution in [0.15, 0.2) is 52.2 Å². The van der Waals surface area contributed by atoms with Crippen molar-refractivity contribution in [2.45, 2.75) is 63.3 Å². The Morgan fingerprint density at radius 2 is 1.79 bits per heavy atom. The Balaban J connectivity index is 1.69. The molecule has 0 fully saturated rings. The first-order chi connectivity index (χ1) is 15.8. The highest BCUT2D eigenvalue weighted by Gasteiger charge is 2.37. The molecule has 33 heavy (non-hydrogen) atoms. The summed E-state index contributed by atoms with van der Waals surface area (Å²) in [6, 6.07) is 13.2. The van der Waals surface area contributed by atoms with E-state index in [0.29, 0.717) is 17.7 Å². The van der Waals surface area contributed by atoms with Gasteiger partial charge in [0.25, 0.3) is 15.6 Å². The fourth-order valence-electron chi connectivity index (χ4n) is 5.33. The molecule has 2 aliphatic rings. The number of sulfonamides is 1. The minimum Gasteiger partial charge on any atom is -0.268 e. The van der Waals surface area contributed by atoms with E-state index in [-0.39, 0.29) is 11.6 Å². The molecular weight excluding hydrogens is 434 g/mol. The minimum absolute atomic E-state index is 0.0472. The summed E-state index contributed by atoms with van der Waals surface area (Å²) in [7, 11) is -2.11. The van der Waals surface area contributed by atoms with E-state index < -0.39 is 10.0 Å². The fourth-order valence-corrected chi connectivity index (χ4v) is 7.35. The van der Waals surface area contributed by atoms with Crippen molar-refractivity contribution in [3.63, 3.8) is 0 Å². The molecule has 1 aliphatic heterocycles. The summed E-state index contributed by atoms with van der Waals surface area (Å²) in [6.45, 7) is 3.93. The van der Waals surface area contributed by atoms with E-state index in [2.05, 4.69) is 5.10 Å². The number of fused-ring (bicyclic) bond motifs is 2. The van der Waals surface area contributed by atoms with Crippen LogP contribution in [0, 0.1) is 0 Å². The van der Waals surface area contributed by atoms with Crippen LogP contribution in [0.2, 0.25) is 0 Å². The zero-order chi connectivity index (χ0) is 23.3. The van der Waals surface area contributed by atoms with Gasteiger partial charge in [-0.2, -0.15) is 5.10 Å². The van der Waals surface area contributed by atoms with Gasteiger partial charge in [-0.25, -0.2) is 13.1 Å². The lowest BCUT2D eigenvalue weighted by Gasteiger charge is -2.26. The van der Waals surface area contributed by atoms with Crippen molar-refractivity contribution in [1.82, 2.24) is 9.78 Å². The van der Waals surface area contributed by atoms with Crippen molar-refractivity contribution in [2.75, 3.05) is 4.31 Å². The summed E-state index contributed by atoms with van der Waals surface area (Å²) in [5.74, 6) is 0. The molecule has 0 amide bonds. The normalized spacial score (nSPS) is 17.7. The molecule has 7 heteroatoms. The molecule has 0 saturated carbocycles. The molecule has 1 unspecified atom stereocenters. The fraction of sp³-hybridized carbons (Fsp3) is 0.385. The van der Waals surface area contributed by atoms with E-state index in [1.165, 1.54) is 4.68 Å². The maximum absolute atomic E-state index is 14.0. The van der Waals surface area contributed by atoms with Crippen LogP contribution in [-0.2, 0) is 42.8 Å². The standard InChI is InChI=1S/C26H29N3O3S/c1-4-18-13-14-20(25-21-10-6-7-11-22(21)26(30)28(3)27-25)16-24(18)33(31,32)29-17(2)15-19-9-5-8-12-23(19)29/h5,8-9,12-14,16-17H,4,6-7,10-11,15H2,1-3H3. The predicted molar refractivity (Wildman–Crippen MR) is 130 cm³/mol. The number of para-hydroxylation sites is 1. The maximum Gasteiger partial charge on any atom is 0.269 e. The Kier molecular flexibility index (Phi) is 5.40. The quantitative estimate of drug-likeness (QED) is 0.586. The van der Waals surface area contributed by atoms with Crippen LogP contribution in [0.1, 0.15) is 48.9 Å². The molecule has 0 N–H and O–H groups in total. The first-order valence-electron chi connectivity index (χ1n) is 11.7. The topological polar surface area (TPSA) is 72.3 Å². The van der Waals surface area contributed by atoms with Crippen molar-refractivity contribution >= 4 is 15.7 Å². The summed E-state index contributed by atoms with van der Waals surface area (Å²) in [4.78, 5) is 13.0. The molecule has 2 heterocycles. The second kappa shape index (κ2) is 8.13. The van der Waals surface area contributed by atoms with Gasteiger partial charge in [-0.1, -0.05) is 37.3 Å². The molecule has 1 aliphatic carbocycles. The van der Waals surface area contributed by atoms with Crippen molar-refractivity contribution in [3.8, 4) is 11.3 Å². The molecule has 2 aromatic carbocycles. The lowest BCUT2D eigenvalue weighted by molar-refractivity contribution is 0.583. The molecule has 0 bridgehead atoms. The molecule has 5 rings (SSSR count). The zero-order valence-corrected chi connectivity index (χ0v) is 20.2. The lowest BCUT2D eigenvalue weighted by atomic mass is 9.89. The van der Waals surface area contributed by atoms with Crippen LogP contribution < -0.4 is 9.86 Å². The molecular formula is C26H29N3O3S. The number of benzene rings is 2. The second-order valence-corrected chi connectivity index (χ2v) is 10.9. The average molecular weight is 464 g/mol. The predicted octanol–water partition coefficient (Wildman–Crippen LogP) is 4.03. The summed E-state index contributed by atoms with van der Waals surface area (Å²) in [6.07, 6.45) is 4.85. The Morgan fingerprint density at radius 1 is 1.06 bits per heavy atom. The average Bonchev–Trinajstić information content (AvgIpc) is 3.17. The van der Waals surface area contributed by atoms with Crippen molar-refractivity contribution in [1.29, 1.82) is 0 Å². The molecule has 0 saturated heterocycles. The number of hydrogen-bond donors (Lipinski definition) is 0. The smallest absolute Gasteiger partial charge is 0.268 e. The number of anilines is 1. The molecule has 1 aromatic heterocycles. The highest BCUT2D eigenvalue weighted by atomic mass is 32.2. The first kappa shape index (κ1) is 21.9. The van der Waals surface area contributed by atoms with Crippen LogP contribution in [0.4, 0.5) is 5.69 Å². The second-order valence-electron chi connectivity index (χ2n) is 9.10. The molecule has 172 valence electrons. The summed E-state index contributed by atoms with van der Waals surface area (Å²) >= 11 is 0. The van der Waals surface area contributed by atoms with Gasteiger partial charge in [-0.3, -0.25) is 9.10 Å². The summed E-state index contributed by atoms with van der Waals surface area (Å²) < 4.78 is 31.0. The van der Waals surface area contributed by atoms with Crippen molar-refractivity contribution in [2.24, 2.45) is 7.05 Å². The van der Waals surface area contributed by atoms with Crippen molar-refractivity contribution in [3.05, 3.63) is 75.1 Å². The van der Waals surface area contributed by atoms with Crippen LogP contribution in [0.5, 0.6) is 0 Å². The van der Waals surface area contributed by atoms with Gasteiger partial charge >= 0.3 is 0 Å². The number of hydrogen-bond acceptors (Lipinski definition) is 4. The molecule has 3 aromatic rings. The Morgan fingerprint density at radius 3 is 2.55 bits per heavy atom. The Hall–Kier alpha value is -2.93. The number of rotatable bonds is 4. The molecule has 6 nitrogen and oxygen atoms in total. The van der Waals surface area contributed by atoms with E-state index in [0.717, 1.165) is 64.9 Å². The third-order valence-electron chi connectivity index (χ3n) is 6.96. The monoisotopic (exact) mass is 463 g/mol. The largest absolute Gasteiger partial charge is 0.269 e. The van der Waals surface area contributed by atoms with E-state index in [9.17, 15) is 13.2 Å². The number of nitrogens with zero attached hydrogens (tertiary/aromatic N) is 3. The van der Waals surface area contributed by atoms with Gasteiger partial charge in [0.15, 0.2) is 0 Å². The van der Waals surface area contributed by atoms with Crippen molar-refractivity contribution < 1.29 is 8.42 Å². The Bertz CT molecular complexity index is 1410. The molecule has 1 atom stereocenters. The molecule has 0 radical (unpaired) electrons. The van der Waals surface area contributed by atoms with E-state index in [4.69, 9.17) is 0 Å². The minimum atomic E-state index is -3.78. The Labute approximate surface area is 194 Å². The number of aromatic nitrogens is 2. The van der Waals surface area contributed by atoms with Gasteiger partial charge in [-0.15, -0.1) is 0 Å². The van der Waals surface area contributed by atoms with Gasteiger partial charge < -0.3 is 0 Å². The van der Waals surface area contributed by atoms with E-state index in [1.54, 1.807) is 17.4 Å². The lowest BCUT2D eigenvalue weighted by Crippen LogP contribution is -2.36. The number of aryl methyl sites for hydroxylation is 2. The third kappa shape index (κ3) is 3.50. The van der Waals surface area contributed by atoms with E-state index in [1.807, 2.05) is 50.2 Å². The highest BCUT2D eigenvalue weighted by Crippen LogP contribution is 2.38. The van der Waals surface area contributed by atoms with Crippen LogP contribution >= 0.6 is 0 Å². The van der Waals surface area contributed by atoms with Crippen LogP contribution in [-0.4, -0.2) is 24.2 Å². The van der Waals surface area contributed by atoms with Gasteiger partial charge in [-0.05, 0) is 74.3 Å². The summed E-state index contributed by atoms with van der Waals surface area (Å²) in [5.41, 5.74) is 5.81. The SMILES string of the molecule is CCc1ccc(-c2nn(C)c(=O)c3c2CCCC3)cc1S(=O)(=O)N1c2ccccc2CC1C. The van der Waals surface area contributed by atoms with Gasteiger partial charge in [0.2, 0.25) is 0 Å². The van der Waals surface area contributed by atoms with E-state index >= 15 is 0 Å². The molecule has 0 spiro atoms. The van der Waals surface area contributed by atoms with Gasteiger partial charge in [0.1, 0.15) is 0 Å². The van der Waals surface area contributed by atoms with Gasteiger partial charge in [0, 0.05) is 24.2 Å². The zero-order valence-electron chi connectivity index (χ0n) is 19.3. The highest BCUT2D eigenvalue weighted by molar-refractivity contribution is 7.93. The third-order valence-corrected chi connectivity index (χ3v) is 8.97. The first-order valence-corrected chi connectivity index (χ1v) is 13.1. The maximum atomic E-state index is 14.0. The summed E-state index contributed by atoms with van der Waals surface area (Å²) in [5, 5.41) is 4.58. The van der Waals surface area contributed by atoms with Crippen LogP contribution in [0.25, 0.3) is 11.3 Å². The van der Waals surface area contributed by atoms with Gasteiger partial charge in [0.05, 0.1) is 16.3 Å².